The molecule has 2 heterocycles. The number of phenols is 1. The van der Waals surface area contributed by atoms with Gasteiger partial charge in [0.1, 0.15) is 0 Å². The maximum Gasteiger partial charge on any atom is 0.271 e. The number of halogens is 2. The molecule has 0 radical (unpaired) electrons. The number of carbonyl (C=O) groups excluding carboxylic acids is 1. The highest BCUT2D eigenvalue weighted by Crippen LogP contribution is 2.34. The standard InChI is InChI=1S/C27H27ClIN3O4S/c1-5-31(6-2)26(35)22-15(4)30-27-32(23(22)17-8-10-18(28)11-9-17)25(34)21(37-27)14-16-12-19(29)24(33)20(13-16)36-7-3/h8-14,23,33H,5-7H2,1-4H3/b21-14+/t23-/m1/s1. The van der Waals surface area contributed by atoms with Crippen molar-refractivity contribution in [3.63, 3.8) is 0 Å². The first-order valence-corrected chi connectivity index (χ1v) is 14.2. The minimum Gasteiger partial charge on any atom is -0.504 e. The number of thiazole rings is 1. The van der Waals surface area contributed by atoms with Gasteiger partial charge in [-0.3, -0.25) is 14.2 Å². The monoisotopic (exact) mass is 651 g/mol. The van der Waals surface area contributed by atoms with Crippen LogP contribution in [0.1, 0.15) is 44.9 Å². The van der Waals surface area contributed by atoms with Crippen LogP contribution in [0.3, 0.4) is 0 Å². The topological polar surface area (TPSA) is 84.1 Å². The van der Waals surface area contributed by atoms with Crippen LogP contribution in [0.15, 0.2) is 57.5 Å². The molecule has 194 valence electrons. The molecule has 1 aromatic heterocycles. The largest absolute Gasteiger partial charge is 0.504 e. The Kier molecular flexibility index (Phi) is 8.45. The lowest BCUT2D eigenvalue weighted by Crippen LogP contribution is -2.43. The second-order valence-corrected chi connectivity index (χ2v) is 11.0. The van der Waals surface area contributed by atoms with Crippen molar-refractivity contribution < 1.29 is 14.6 Å². The van der Waals surface area contributed by atoms with Crippen LogP contribution in [-0.4, -0.2) is 40.2 Å². The normalized spacial score (nSPS) is 15.4. The zero-order valence-electron chi connectivity index (χ0n) is 20.9. The van der Waals surface area contributed by atoms with E-state index in [-0.39, 0.29) is 17.2 Å². The van der Waals surface area contributed by atoms with Crippen LogP contribution >= 0.6 is 45.5 Å². The number of phenolic OH excluding ortho intramolecular Hbond substituents is 1. The summed E-state index contributed by atoms with van der Waals surface area (Å²) in [5.41, 5.74) is 2.31. The lowest BCUT2D eigenvalue weighted by atomic mass is 9.94. The van der Waals surface area contributed by atoms with E-state index in [0.29, 0.717) is 60.2 Å². The third-order valence-corrected chi connectivity index (χ3v) is 8.19. The van der Waals surface area contributed by atoms with Crippen molar-refractivity contribution in [3.8, 4) is 11.5 Å². The van der Waals surface area contributed by atoms with Crippen LogP contribution in [0.25, 0.3) is 6.08 Å². The quantitative estimate of drug-likeness (QED) is 0.383. The Morgan fingerprint density at radius 3 is 2.54 bits per heavy atom. The van der Waals surface area contributed by atoms with E-state index in [9.17, 15) is 14.7 Å². The van der Waals surface area contributed by atoms with Crippen LogP contribution in [0, 0.1) is 3.57 Å². The van der Waals surface area contributed by atoms with Gasteiger partial charge in [-0.1, -0.05) is 35.1 Å². The molecule has 1 aliphatic heterocycles. The number of ether oxygens (including phenoxy) is 1. The Morgan fingerprint density at radius 1 is 1.24 bits per heavy atom. The molecule has 0 unspecified atom stereocenters. The number of benzene rings is 2. The molecule has 2 aromatic carbocycles. The minimum atomic E-state index is -0.636. The van der Waals surface area contributed by atoms with E-state index in [2.05, 4.69) is 0 Å². The molecule has 0 aliphatic carbocycles. The van der Waals surface area contributed by atoms with E-state index in [4.69, 9.17) is 21.3 Å². The van der Waals surface area contributed by atoms with Gasteiger partial charge in [0.15, 0.2) is 16.3 Å². The molecule has 3 aromatic rings. The van der Waals surface area contributed by atoms with Crippen LogP contribution in [0.4, 0.5) is 0 Å². The summed E-state index contributed by atoms with van der Waals surface area (Å²) in [5, 5.41) is 10.9. The highest BCUT2D eigenvalue weighted by atomic mass is 127. The van der Waals surface area contributed by atoms with Crippen LogP contribution < -0.4 is 19.6 Å². The fourth-order valence-corrected chi connectivity index (χ4v) is 6.13. The number of hydrogen-bond acceptors (Lipinski definition) is 6. The first-order valence-electron chi connectivity index (χ1n) is 11.9. The van der Waals surface area contributed by atoms with Gasteiger partial charge in [0.05, 0.1) is 32.0 Å². The number of likely N-dealkylation sites (N-methyl/N-ethyl adjacent to an activating group) is 1. The second kappa shape index (κ2) is 11.4. The fraction of sp³-hybridized carbons (Fsp3) is 0.296. The van der Waals surface area contributed by atoms with Gasteiger partial charge in [-0.25, -0.2) is 4.99 Å². The third-order valence-electron chi connectivity index (χ3n) is 6.14. The Morgan fingerprint density at radius 2 is 1.92 bits per heavy atom. The Labute approximate surface area is 237 Å². The molecule has 1 N–H and O–H groups in total. The number of aromatic nitrogens is 1. The molecule has 1 amide bonds. The molecular formula is C27H27ClIN3O4S. The van der Waals surface area contributed by atoms with E-state index in [1.54, 1.807) is 39.8 Å². The van der Waals surface area contributed by atoms with Gasteiger partial charge >= 0.3 is 0 Å². The third kappa shape index (κ3) is 5.35. The summed E-state index contributed by atoms with van der Waals surface area (Å²) in [6, 6.07) is 10.1. The molecule has 0 saturated carbocycles. The van der Waals surface area contributed by atoms with Crippen molar-refractivity contribution in [2.75, 3.05) is 19.7 Å². The number of carbonyl (C=O) groups is 1. The van der Waals surface area contributed by atoms with Gasteiger partial charge in [-0.05, 0) is 91.8 Å². The van der Waals surface area contributed by atoms with E-state index >= 15 is 0 Å². The average Bonchev–Trinajstić information content (AvgIpc) is 3.17. The molecule has 37 heavy (non-hydrogen) atoms. The summed E-state index contributed by atoms with van der Waals surface area (Å²) < 4.78 is 8.23. The zero-order valence-corrected chi connectivity index (χ0v) is 24.6. The maximum absolute atomic E-state index is 13.8. The number of nitrogens with zero attached hydrogens (tertiary/aromatic N) is 3. The molecule has 1 atom stereocenters. The molecule has 0 fully saturated rings. The summed E-state index contributed by atoms with van der Waals surface area (Å²) in [4.78, 5) is 34.4. The second-order valence-electron chi connectivity index (χ2n) is 8.39. The molecule has 0 spiro atoms. The molecular weight excluding hydrogens is 625 g/mol. The minimum absolute atomic E-state index is 0.0685. The first kappa shape index (κ1) is 27.4. The summed E-state index contributed by atoms with van der Waals surface area (Å²) in [6.07, 6.45) is 1.76. The Hall–Kier alpha value is -2.63. The predicted molar refractivity (Wildman–Crippen MR) is 155 cm³/mol. The van der Waals surface area contributed by atoms with Gasteiger partial charge in [0.2, 0.25) is 0 Å². The Balaban J connectivity index is 1.94. The fourth-order valence-electron chi connectivity index (χ4n) is 4.33. The average molecular weight is 652 g/mol. The summed E-state index contributed by atoms with van der Waals surface area (Å²) in [5.74, 6) is 0.282. The van der Waals surface area contributed by atoms with E-state index in [1.165, 1.54) is 11.3 Å². The van der Waals surface area contributed by atoms with Crippen LogP contribution in [-0.2, 0) is 4.79 Å². The first-order chi connectivity index (χ1) is 17.7. The highest BCUT2D eigenvalue weighted by Gasteiger charge is 2.34. The number of rotatable bonds is 7. The molecule has 0 saturated heterocycles. The van der Waals surface area contributed by atoms with Gasteiger partial charge in [-0.2, -0.15) is 0 Å². The number of amides is 1. The summed E-state index contributed by atoms with van der Waals surface area (Å²) in [6.45, 7) is 9.01. The molecule has 0 bridgehead atoms. The lowest BCUT2D eigenvalue weighted by molar-refractivity contribution is -0.127. The van der Waals surface area contributed by atoms with E-state index in [1.807, 2.05) is 62.4 Å². The lowest BCUT2D eigenvalue weighted by Gasteiger charge is -2.29. The van der Waals surface area contributed by atoms with E-state index < -0.39 is 6.04 Å². The summed E-state index contributed by atoms with van der Waals surface area (Å²) in [7, 11) is 0. The number of hydrogen-bond donors (Lipinski definition) is 1. The van der Waals surface area contributed by atoms with Gasteiger partial charge in [-0.15, -0.1) is 0 Å². The molecule has 1 aliphatic rings. The molecule has 7 nitrogen and oxygen atoms in total. The predicted octanol–water partition coefficient (Wildman–Crippen LogP) is 4.47. The van der Waals surface area contributed by atoms with Crippen molar-refractivity contribution in [2.24, 2.45) is 4.99 Å². The SMILES string of the molecule is CCOc1cc(/C=c2/sc3n(c2=O)[C@H](c2ccc(Cl)cc2)C(C(=O)N(CC)CC)=C(C)N=3)cc(I)c1O. The molecule has 10 heteroatoms. The summed E-state index contributed by atoms with van der Waals surface area (Å²) >= 11 is 9.45. The van der Waals surface area contributed by atoms with Gasteiger partial charge in [0, 0.05) is 18.1 Å². The van der Waals surface area contributed by atoms with Crippen molar-refractivity contribution in [3.05, 3.63) is 87.1 Å². The molecule has 4 rings (SSSR count). The highest BCUT2D eigenvalue weighted by molar-refractivity contribution is 14.1. The van der Waals surface area contributed by atoms with Crippen LogP contribution in [0.5, 0.6) is 11.5 Å². The van der Waals surface area contributed by atoms with E-state index in [0.717, 1.165) is 5.56 Å². The Bertz CT molecular complexity index is 1560. The maximum atomic E-state index is 13.8. The van der Waals surface area contributed by atoms with Crippen molar-refractivity contribution in [1.82, 2.24) is 9.47 Å². The van der Waals surface area contributed by atoms with Crippen LogP contribution in [0.2, 0.25) is 5.02 Å². The number of fused-ring (bicyclic) bond motifs is 1. The number of allylic oxidation sites excluding steroid dienone is 1. The number of aromatic hydroxyl groups is 1. The van der Waals surface area contributed by atoms with Crippen molar-refractivity contribution in [2.45, 2.75) is 33.7 Å². The smallest absolute Gasteiger partial charge is 0.271 e. The van der Waals surface area contributed by atoms with Gasteiger partial charge in [0.25, 0.3) is 11.5 Å². The zero-order chi connectivity index (χ0) is 26.9. The van der Waals surface area contributed by atoms with Gasteiger partial charge < -0.3 is 14.7 Å². The van der Waals surface area contributed by atoms with Crippen molar-refractivity contribution >= 4 is 57.5 Å². The van der Waals surface area contributed by atoms with Crippen molar-refractivity contribution in [1.29, 1.82) is 0 Å².